The van der Waals surface area contributed by atoms with Gasteiger partial charge in [-0.25, -0.2) is 4.98 Å². The number of hydrogen-bond acceptors (Lipinski definition) is 3. The molecule has 0 unspecified atom stereocenters. The number of thioether (sulfide) groups is 1. The van der Waals surface area contributed by atoms with Crippen molar-refractivity contribution in [3.05, 3.63) is 54.1 Å². The number of hydrogen-bond donors (Lipinski definition) is 0. The van der Waals surface area contributed by atoms with Crippen LogP contribution >= 0.6 is 11.8 Å². The van der Waals surface area contributed by atoms with Crippen molar-refractivity contribution >= 4 is 11.8 Å². The molecule has 2 rings (SSSR count). The van der Waals surface area contributed by atoms with E-state index in [9.17, 15) is 4.39 Å². The van der Waals surface area contributed by atoms with Gasteiger partial charge in [0.2, 0.25) is 5.95 Å². The summed E-state index contributed by atoms with van der Waals surface area (Å²) in [7, 11) is 0. The van der Waals surface area contributed by atoms with Crippen molar-refractivity contribution in [2.75, 3.05) is 6.26 Å². The van der Waals surface area contributed by atoms with Gasteiger partial charge in [-0.3, -0.25) is 0 Å². The molecule has 0 saturated carbocycles. The molecular formula is C13H12FNOS. The zero-order valence-electron chi connectivity index (χ0n) is 9.39. The first kappa shape index (κ1) is 11.9. The maximum absolute atomic E-state index is 12.6. The zero-order chi connectivity index (χ0) is 12.1. The molecule has 4 heteroatoms. The average molecular weight is 249 g/mol. The topological polar surface area (TPSA) is 22.1 Å². The van der Waals surface area contributed by atoms with E-state index in [-0.39, 0.29) is 0 Å². The van der Waals surface area contributed by atoms with E-state index >= 15 is 0 Å². The summed E-state index contributed by atoms with van der Waals surface area (Å²) < 4.78 is 18.0. The molecule has 2 nitrogen and oxygen atoms in total. The maximum Gasteiger partial charge on any atom is 0.213 e. The molecule has 1 aromatic heterocycles. The average Bonchev–Trinajstić information content (AvgIpc) is 2.39. The van der Waals surface area contributed by atoms with Gasteiger partial charge in [0.1, 0.15) is 12.4 Å². The van der Waals surface area contributed by atoms with E-state index in [2.05, 4.69) is 4.98 Å². The molecule has 0 saturated heterocycles. The molecule has 0 fully saturated rings. The Kier molecular flexibility index (Phi) is 3.98. The van der Waals surface area contributed by atoms with Crippen molar-refractivity contribution in [1.29, 1.82) is 0 Å². The van der Waals surface area contributed by atoms with Crippen molar-refractivity contribution in [2.24, 2.45) is 0 Å². The largest absolute Gasteiger partial charge is 0.487 e. The molecule has 0 amide bonds. The maximum atomic E-state index is 12.6. The van der Waals surface area contributed by atoms with Gasteiger partial charge in [0.15, 0.2) is 0 Å². The Bertz CT molecular complexity index is 470. The van der Waals surface area contributed by atoms with Gasteiger partial charge < -0.3 is 4.74 Å². The monoisotopic (exact) mass is 249 g/mol. The van der Waals surface area contributed by atoms with E-state index in [1.807, 2.05) is 30.5 Å². The highest BCUT2D eigenvalue weighted by Gasteiger charge is 1.98. The molecule has 0 aliphatic carbocycles. The number of ether oxygens (including phenoxy) is 1. The van der Waals surface area contributed by atoms with Gasteiger partial charge in [0.05, 0.1) is 6.20 Å². The van der Waals surface area contributed by atoms with E-state index in [4.69, 9.17) is 4.74 Å². The van der Waals surface area contributed by atoms with Gasteiger partial charge in [0, 0.05) is 4.90 Å². The molecule has 0 spiro atoms. The lowest BCUT2D eigenvalue weighted by molar-refractivity contribution is 0.304. The fraction of sp³-hybridized carbons (Fsp3) is 0.154. The number of rotatable bonds is 4. The highest BCUT2D eigenvalue weighted by molar-refractivity contribution is 7.98. The van der Waals surface area contributed by atoms with Crippen LogP contribution in [0.1, 0.15) is 5.56 Å². The van der Waals surface area contributed by atoms with Gasteiger partial charge >= 0.3 is 0 Å². The molecule has 0 N–H and O–H groups in total. The minimum Gasteiger partial charge on any atom is -0.487 e. The van der Waals surface area contributed by atoms with Crippen LogP contribution in [0.3, 0.4) is 0 Å². The van der Waals surface area contributed by atoms with Crippen LogP contribution in [0.15, 0.2) is 47.5 Å². The summed E-state index contributed by atoms with van der Waals surface area (Å²) in [6.07, 6.45) is 3.42. The molecule has 88 valence electrons. The molecule has 2 aromatic rings. The first-order valence-corrected chi connectivity index (χ1v) is 6.37. The van der Waals surface area contributed by atoms with Crippen LogP contribution in [0.4, 0.5) is 4.39 Å². The summed E-state index contributed by atoms with van der Waals surface area (Å²) in [6, 6.07) is 11.0. The number of aromatic nitrogens is 1. The summed E-state index contributed by atoms with van der Waals surface area (Å²) in [5, 5.41) is 0. The lowest BCUT2D eigenvalue weighted by Crippen LogP contribution is -1.96. The van der Waals surface area contributed by atoms with E-state index in [0.29, 0.717) is 12.4 Å². The molecule has 17 heavy (non-hydrogen) atoms. The van der Waals surface area contributed by atoms with E-state index in [1.54, 1.807) is 17.8 Å². The molecular weight excluding hydrogens is 237 g/mol. The molecule has 0 atom stereocenters. The minimum atomic E-state index is -0.498. The second-order valence-electron chi connectivity index (χ2n) is 3.45. The van der Waals surface area contributed by atoms with Gasteiger partial charge in [-0.05, 0) is 36.1 Å². The Hall–Kier alpha value is -1.55. The number of benzene rings is 1. The number of halogens is 1. The van der Waals surface area contributed by atoms with Crippen LogP contribution in [0.5, 0.6) is 5.75 Å². The first-order valence-electron chi connectivity index (χ1n) is 5.15. The summed E-state index contributed by atoms with van der Waals surface area (Å²) in [4.78, 5) is 4.74. The van der Waals surface area contributed by atoms with Crippen molar-refractivity contribution in [3.8, 4) is 5.75 Å². The van der Waals surface area contributed by atoms with Crippen molar-refractivity contribution in [3.63, 3.8) is 0 Å². The predicted octanol–water partition coefficient (Wildman–Crippen LogP) is 3.52. The number of pyridine rings is 1. The summed E-state index contributed by atoms with van der Waals surface area (Å²) in [5.74, 6) is 0.0713. The standard InChI is InChI=1S/C13H12FNOS/c1-17-12-5-2-10(3-6-12)9-16-11-4-7-13(14)15-8-11/h2-8H,9H2,1H3. The molecule has 0 bridgehead atoms. The van der Waals surface area contributed by atoms with Gasteiger partial charge in [-0.2, -0.15) is 4.39 Å². The second-order valence-corrected chi connectivity index (χ2v) is 4.33. The number of nitrogens with zero attached hydrogens (tertiary/aromatic N) is 1. The van der Waals surface area contributed by atoms with Gasteiger partial charge in [-0.15, -0.1) is 11.8 Å². The van der Waals surface area contributed by atoms with Crippen LogP contribution in [-0.4, -0.2) is 11.2 Å². The third-order valence-corrected chi connectivity index (χ3v) is 3.01. The Morgan fingerprint density at radius 3 is 2.53 bits per heavy atom. The van der Waals surface area contributed by atoms with Crippen LogP contribution in [0.2, 0.25) is 0 Å². The van der Waals surface area contributed by atoms with Crippen LogP contribution in [0.25, 0.3) is 0 Å². The fourth-order valence-corrected chi connectivity index (χ4v) is 1.74. The quantitative estimate of drug-likeness (QED) is 0.611. The molecule has 1 heterocycles. The Morgan fingerprint density at radius 2 is 1.94 bits per heavy atom. The smallest absolute Gasteiger partial charge is 0.213 e. The summed E-state index contributed by atoms with van der Waals surface area (Å²) in [6.45, 7) is 0.460. The van der Waals surface area contributed by atoms with Crippen molar-refractivity contribution in [1.82, 2.24) is 4.98 Å². The van der Waals surface area contributed by atoms with Crippen LogP contribution < -0.4 is 4.74 Å². The van der Waals surface area contributed by atoms with Crippen LogP contribution in [-0.2, 0) is 6.61 Å². The molecule has 1 aromatic carbocycles. The summed E-state index contributed by atoms with van der Waals surface area (Å²) in [5.41, 5.74) is 1.08. The Labute approximate surface area is 104 Å². The highest BCUT2D eigenvalue weighted by atomic mass is 32.2. The predicted molar refractivity (Wildman–Crippen MR) is 66.8 cm³/mol. The minimum absolute atomic E-state index is 0.460. The molecule has 0 aliphatic heterocycles. The van der Waals surface area contributed by atoms with Gasteiger partial charge in [-0.1, -0.05) is 12.1 Å². The molecule has 0 radical (unpaired) electrons. The van der Waals surface area contributed by atoms with E-state index < -0.39 is 5.95 Å². The lowest BCUT2D eigenvalue weighted by atomic mass is 10.2. The third-order valence-electron chi connectivity index (χ3n) is 2.26. The van der Waals surface area contributed by atoms with E-state index in [1.165, 1.54) is 17.2 Å². The normalized spacial score (nSPS) is 10.2. The SMILES string of the molecule is CSc1ccc(COc2ccc(F)nc2)cc1. The third kappa shape index (κ3) is 3.46. The Balaban J connectivity index is 1.95. The second kappa shape index (κ2) is 5.68. The fourth-order valence-electron chi connectivity index (χ4n) is 1.34. The van der Waals surface area contributed by atoms with E-state index in [0.717, 1.165) is 5.56 Å². The summed E-state index contributed by atoms with van der Waals surface area (Å²) >= 11 is 1.70. The van der Waals surface area contributed by atoms with Crippen molar-refractivity contribution in [2.45, 2.75) is 11.5 Å². The van der Waals surface area contributed by atoms with Gasteiger partial charge in [0.25, 0.3) is 0 Å². The van der Waals surface area contributed by atoms with Crippen molar-refractivity contribution < 1.29 is 9.13 Å². The lowest BCUT2D eigenvalue weighted by Gasteiger charge is -2.06. The zero-order valence-corrected chi connectivity index (χ0v) is 10.2. The highest BCUT2D eigenvalue weighted by Crippen LogP contribution is 2.16. The molecule has 0 aliphatic rings. The van der Waals surface area contributed by atoms with Crippen LogP contribution in [0, 0.1) is 5.95 Å². The Morgan fingerprint density at radius 1 is 1.18 bits per heavy atom. The first-order chi connectivity index (χ1) is 8.28.